The van der Waals surface area contributed by atoms with Crippen LogP contribution in [0, 0.1) is 0 Å². The Labute approximate surface area is 104 Å². The maximum Gasteiger partial charge on any atom is 0.320 e. The molecule has 0 saturated carbocycles. The van der Waals surface area contributed by atoms with Gasteiger partial charge in [-0.05, 0) is 18.5 Å². The van der Waals surface area contributed by atoms with Crippen LogP contribution in [0.3, 0.4) is 0 Å². The van der Waals surface area contributed by atoms with Gasteiger partial charge in [0.15, 0.2) is 0 Å². The smallest absolute Gasteiger partial charge is 0.320 e. The summed E-state index contributed by atoms with van der Waals surface area (Å²) in [5, 5.41) is 3.20. The van der Waals surface area contributed by atoms with Gasteiger partial charge in [0.25, 0.3) is 0 Å². The van der Waals surface area contributed by atoms with Crippen LogP contribution < -0.4 is 5.32 Å². The molecule has 0 amide bonds. The molecule has 0 aliphatic rings. The Hall–Kier alpha value is -0.870. The van der Waals surface area contributed by atoms with Crippen molar-refractivity contribution < 1.29 is 9.53 Å². The molecule has 88 valence electrons. The van der Waals surface area contributed by atoms with Gasteiger partial charge >= 0.3 is 5.97 Å². The quantitative estimate of drug-likeness (QED) is 0.492. The van der Waals surface area contributed by atoms with E-state index in [1.165, 1.54) is 12.7 Å². The summed E-state index contributed by atoms with van der Waals surface area (Å²) in [6, 6.07) is 10.2. The van der Waals surface area contributed by atoms with Crippen molar-refractivity contribution in [2.75, 3.05) is 20.2 Å². The van der Waals surface area contributed by atoms with Crippen molar-refractivity contribution in [2.24, 2.45) is 0 Å². The minimum absolute atomic E-state index is 0.243. The van der Waals surface area contributed by atoms with E-state index >= 15 is 0 Å². The molecule has 0 spiro atoms. The van der Waals surface area contributed by atoms with Crippen LogP contribution in [0.2, 0.25) is 0 Å². The first-order valence-corrected chi connectivity index (χ1v) is 6.12. The second kappa shape index (κ2) is 7.41. The number of methoxy groups -OCH3 is 1. The van der Waals surface area contributed by atoms with Gasteiger partial charge in [-0.1, -0.05) is 46.3 Å². The normalized spacial score (nSPS) is 12.1. The molecule has 0 fully saturated rings. The maximum atomic E-state index is 11.1. The Morgan fingerprint density at radius 3 is 2.75 bits per heavy atom. The molecule has 0 aliphatic heterocycles. The Morgan fingerprint density at radius 2 is 2.12 bits per heavy atom. The van der Waals surface area contributed by atoms with Crippen molar-refractivity contribution in [3.05, 3.63) is 35.9 Å². The van der Waals surface area contributed by atoms with Crippen molar-refractivity contribution in [3.63, 3.8) is 0 Å². The molecule has 1 N–H and O–H groups in total. The third-order valence-electron chi connectivity index (χ3n) is 2.21. The zero-order valence-electron chi connectivity index (χ0n) is 9.28. The molecule has 4 heteroatoms. The molecular weight excluding hydrogens is 270 g/mol. The zero-order valence-corrected chi connectivity index (χ0v) is 10.9. The van der Waals surface area contributed by atoms with Gasteiger partial charge in [0.2, 0.25) is 0 Å². The lowest BCUT2D eigenvalue weighted by molar-refractivity contribution is -0.139. The van der Waals surface area contributed by atoms with Gasteiger partial charge in [-0.3, -0.25) is 4.79 Å². The SMILES string of the molecule is COC(=O)C(Br)CNCCc1ccccc1. The molecular formula is C12H16BrNO2. The second-order valence-corrected chi connectivity index (χ2v) is 4.54. The lowest BCUT2D eigenvalue weighted by Gasteiger charge is -2.08. The number of rotatable bonds is 6. The summed E-state index contributed by atoms with van der Waals surface area (Å²) in [5.74, 6) is -0.243. The summed E-state index contributed by atoms with van der Waals surface area (Å²) in [6.45, 7) is 1.43. The molecule has 0 radical (unpaired) electrons. The Balaban J connectivity index is 2.15. The molecule has 1 aromatic carbocycles. The minimum atomic E-state index is -0.270. The predicted molar refractivity (Wildman–Crippen MR) is 67.7 cm³/mol. The number of hydrogen-bond donors (Lipinski definition) is 1. The van der Waals surface area contributed by atoms with E-state index in [0.29, 0.717) is 6.54 Å². The fraction of sp³-hybridized carbons (Fsp3) is 0.417. The molecule has 0 saturated heterocycles. The van der Waals surface area contributed by atoms with E-state index in [2.05, 4.69) is 38.1 Å². The van der Waals surface area contributed by atoms with Crippen LogP contribution >= 0.6 is 15.9 Å². The van der Waals surface area contributed by atoms with E-state index in [9.17, 15) is 4.79 Å². The average molecular weight is 286 g/mol. The summed E-state index contributed by atoms with van der Waals surface area (Å²) in [6.07, 6.45) is 0.960. The molecule has 1 aromatic rings. The van der Waals surface area contributed by atoms with Crippen molar-refractivity contribution in [1.82, 2.24) is 5.32 Å². The molecule has 0 aliphatic carbocycles. The molecule has 0 bridgehead atoms. The molecule has 3 nitrogen and oxygen atoms in total. The van der Waals surface area contributed by atoms with Gasteiger partial charge in [-0.15, -0.1) is 0 Å². The fourth-order valence-corrected chi connectivity index (χ4v) is 1.73. The number of benzene rings is 1. The van der Waals surface area contributed by atoms with Gasteiger partial charge in [0.1, 0.15) is 4.83 Å². The van der Waals surface area contributed by atoms with E-state index < -0.39 is 0 Å². The summed E-state index contributed by atoms with van der Waals surface area (Å²) < 4.78 is 4.60. The highest BCUT2D eigenvalue weighted by Crippen LogP contribution is 2.01. The van der Waals surface area contributed by atoms with E-state index in [0.717, 1.165) is 13.0 Å². The first-order valence-electron chi connectivity index (χ1n) is 5.20. The molecule has 0 aromatic heterocycles. The highest BCUT2D eigenvalue weighted by Gasteiger charge is 2.13. The van der Waals surface area contributed by atoms with Crippen molar-refractivity contribution >= 4 is 21.9 Å². The third kappa shape index (κ3) is 4.77. The standard InChI is InChI=1S/C12H16BrNO2/c1-16-12(15)11(13)9-14-8-7-10-5-3-2-4-6-10/h2-6,11,14H,7-9H2,1H3. The van der Waals surface area contributed by atoms with Crippen LogP contribution in [-0.2, 0) is 16.0 Å². The van der Waals surface area contributed by atoms with Crippen LogP contribution in [0.15, 0.2) is 30.3 Å². The Kier molecular flexibility index (Phi) is 6.11. The first kappa shape index (κ1) is 13.2. The maximum absolute atomic E-state index is 11.1. The van der Waals surface area contributed by atoms with Gasteiger partial charge in [0, 0.05) is 6.54 Å². The topological polar surface area (TPSA) is 38.3 Å². The molecule has 1 unspecified atom stereocenters. The van der Waals surface area contributed by atoms with E-state index in [-0.39, 0.29) is 10.8 Å². The van der Waals surface area contributed by atoms with E-state index in [1.54, 1.807) is 0 Å². The third-order valence-corrected chi connectivity index (χ3v) is 2.91. The fourth-order valence-electron chi connectivity index (χ4n) is 1.32. The van der Waals surface area contributed by atoms with Crippen molar-refractivity contribution in [1.29, 1.82) is 0 Å². The molecule has 1 atom stereocenters. The van der Waals surface area contributed by atoms with Gasteiger partial charge < -0.3 is 10.1 Å². The molecule has 16 heavy (non-hydrogen) atoms. The van der Waals surface area contributed by atoms with Crippen LogP contribution in [0.4, 0.5) is 0 Å². The van der Waals surface area contributed by atoms with Crippen molar-refractivity contribution in [3.8, 4) is 0 Å². The van der Waals surface area contributed by atoms with E-state index in [1.807, 2.05) is 18.2 Å². The number of hydrogen-bond acceptors (Lipinski definition) is 3. The molecule has 1 rings (SSSR count). The van der Waals surface area contributed by atoms with Gasteiger partial charge in [-0.2, -0.15) is 0 Å². The average Bonchev–Trinajstić information content (AvgIpc) is 2.34. The van der Waals surface area contributed by atoms with Gasteiger partial charge in [-0.25, -0.2) is 0 Å². The predicted octanol–water partition coefficient (Wildman–Crippen LogP) is 1.76. The number of alkyl halides is 1. The Morgan fingerprint density at radius 1 is 1.44 bits per heavy atom. The first-order chi connectivity index (χ1) is 7.74. The lowest BCUT2D eigenvalue weighted by Crippen LogP contribution is -2.30. The lowest BCUT2D eigenvalue weighted by atomic mass is 10.1. The van der Waals surface area contributed by atoms with Crippen LogP contribution in [0.5, 0.6) is 0 Å². The highest BCUT2D eigenvalue weighted by molar-refractivity contribution is 9.10. The second-order valence-electron chi connectivity index (χ2n) is 3.43. The summed E-state index contributed by atoms with van der Waals surface area (Å²) in [7, 11) is 1.39. The van der Waals surface area contributed by atoms with Crippen molar-refractivity contribution in [2.45, 2.75) is 11.2 Å². The highest BCUT2D eigenvalue weighted by atomic mass is 79.9. The largest absolute Gasteiger partial charge is 0.468 e. The number of carbonyl (C=O) groups excluding carboxylic acids is 1. The van der Waals surface area contributed by atoms with Crippen LogP contribution in [-0.4, -0.2) is 31.0 Å². The Bertz CT molecular complexity index is 316. The number of ether oxygens (including phenoxy) is 1. The summed E-state index contributed by atoms with van der Waals surface area (Å²) >= 11 is 3.25. The molecule has 0 heterocycles. The van der Waals surface area contributed by atoms with Crippen LogP contribution in [0.1, 0.15) is 5.56 Å². The zero-order chi connectivity index (χ0) is 11.8. The number of nitrogens with one attached hydrogen (secondary N) is 1. The summed E-state index contributed by atoms with van der Waals surface area (Å²) in [4.78, 5) is 10.8. The minimum Gasteiger partial charge on any atom is -0.468 e. The van der Waals surface area contributed by atoms with E-state index in [4.69, 9.17) is 0 Å². The number of halogens is 1. The van der Waals surface area contributed by atoms with Gasteiger partial charge in [0.05, 0.1) is 7.11 Å². The summed E-state index contributed by atoms with van der Waals surface area (Å²) in [5.41, 5.74) is 1.29. The number of esters is 1. The monoisotopic (exact) mass is 285 g/mol. The van der Waals surface area contributed by atoms with Crippen LogP contribution in [0.25, 0.3) is 0 Å². The number of carbonyl (C=O) groups is 1.